The van der Waals surface area contributed by atoms with E-state index >= 15 is 0 Å². The quantitative estimate of drug-likeness (QED) is 0.812. The molecule has 1 aliphatic rings. The summed E-state index contributed by atoms with van der Waals surface area (Å²) >= 11 is 0. The summed E-state index contributed by atoms with van der Waals surface area (Å²) in [6.07, 6.45) is 6.97. The number of piperidine rings is 1. The minimum absolute atomic E-state index is 0.190. The lowest BCUT2D eigenvalue weighted by molar-refractivity contribution is -0.143. The van der Waals surface area contributed by atoms with Crippen LogP contribution in [0.15, 0.2) is 36.7 Å². The number of carboxylic acid groups (broad SMARTS) is 1. The van der Waals surface area contributed by atoms with E-state index in [1.165, 1.54) is 0 Å². The highest BCUT2D eigenvalue weighted by Crippen LogP contribution is 2.23. The zero-order chi connectivity index (χ0) is 19.2. The minimum atomic E-state index is -0.777. The van der Waals surface area contributed by atoms with E-state index in [0.29, 0.717) is 31.6 Å². The van der Waals surface area contributed by atoms with Gasteiger partial charge in [0.2, 0.25) is 0 Å². The molecule has 0 radical (unpaired) electrons. The first-order chi connectivity index (χ1) is 13.1. The summed E-state index contributed by atoms with van der Waals surface area (Å²) in [4.78, 5) is 29.7. The Hall–Kier alpha value is -2.83. The van der Waals surface area contributed by atoms with Crippen molar-refractivity contribution in [3.63, 3.8) is 0 Å². The van der Waals surface area contributed by atoms with Crippen molar-refractivity contribution >= 4 is 17.7 Å². The summed E-state index contributed by atoms with van der Waals surface area (Å²) in [6, 6.07) is 7.47. The second-order valence-corrected chi connectivity index (χ2v) is 6.91. The summed E-state index contributed by atoms with van der Waals surface area (Å²) in [5.74, 6) is -0.234. The fourth-order valence-corrected chi connectivity index (χ4v) is 3.35. The Labute approximate surface area is 159 Å². The molecule has 7 nitrogen and oxygen atoms in total. The number of carboxylic acids is 1. The number of nitrogens with one attached hydrogen (secondary N) is 1. The third-order valence-corrected chi connectivity index (χ3v) is 4.97. The van der Waals surface area contributed by atoms with Crippen molar-refractivity contribution < 1.29 is 14.7 Å². The third kappa shape index (κ3) is 4.67. The number of benzene rings is 1. The zero-order valence-electron chi connectivity index (χ0n) is 15.6. The fourth-order valence-electron chi connectivity index (χ4n) is 3.35. The second kappa shape index (κ2) is 8.70. The van der Waals surface area contributed by atoms with Gasteiger partial charge in [0.1, 0.15) is 5.82 Å². The molecule has 1 aromatic heterocycles. The molecule has 0 saturated carbocycles. The Morgan fingerprint density at radius 1 is 1.30 bits per heavy atom. The van der Waals surface area contributed by atoms with Gasteiger partial charge in [-0.1, -0.05) is 25.5 Å². The van der Waals surface area contributed by atoms with Crippen molar-refractivity contribution in [1.29, 1.82) is 0 Å². The van der Waals surface area contributed by atoms with Crippen LogP contribution in [0, 0.1) is 5.92 Å². The maximum absolute atomic E-state index is 12.5. The van der Waals surface area contributed by atoms with Crippen molar-refractivity contribution in [2.24, 2.45) is 5.92 Å². The number of imidazole rings is 1. The van der Waals surface area contributed by atoms with Crippen LogP contribution in [-0.2, 0) is 11.3 Å². The lowest BCUT2D eigenvalue weighted by atomic mass is 9.97. The van der Waals surface area contributed by atoms with Crippen LogP contribution in [0.1, 0.15) is 32.6 Å². The van der Waals surface area contributed by atoms with E-state index in [4.69, 9.17) is 5.11 Å². The molecular weight excluding hydrogens is 344 g/mol. The number of carbonyl (C=O) groups is 2. The number of aryl methyl sites for hydroxylation is 1. The molecule has 7 heteroatoms. The second-order valence-electron chi connectivity index (χ2n) is 6.91. The Balaban J connectivity index is 1.65. The van der Waals surface area contributed by atoms with E-state index < -0.39 is 5.97 Å². The van der Waals surface area contributed by atoms with Crippen molar-refractivity contribution in [1.82, 2.24) is 14.5 Å². The number of likely N-dealkylation sites (tertiary alicyclic amines) is 1. The van der Waals surface area contributed by atoms with Crippen molar-refractivity contribution in [3.8, 4) is 11.4 Å². The normalized spacial score (nSPS) is 14.9. The predicted octanol–water partition coefficient (Wildman–Crippen LogP) is 3.68. The van der Waals surface area contributed by atoms with Crippen LogP contribution < -0.4 is 5.32 Å². The Bertz CT molecular complexity index is 794. The van der Waals surface area contributed by atoms with Gasteiger partial charge in [0, 0.05) is 43.3 Å². The number of aliphatic carboxylic acids is 1. The highest BCUT2D eigenvalue weighted by atomic mass is 16.4. The van der Waals surface area contributed by atoms with Gasteiger partial charge in [-0.25, -0.2) is 9.78 Å². The lowest BCUT2D eigenvalue weighted by Crippen LogP contribution is -2.42. The number of anilines is 1. The van der Waals surface area contributed by atoms with Gasteiger partial charge in [-0.2, -0.15) is 0 Å². The van der Waals surface area contributed by atoms with Crippen LogP contribution >= 0.6 is 0 Å². The van der Waals surface area contributed by atoms with Crippen molar-refractivity contribution in [3.05, 3.63) is 36.7 Å². The summed E-state index contributed by atoms with van der Waals surface area (Å²) in [7, 11) is 0. The maximum atomic E-state index is 12.5. The molecule has 27 heavy (non-hydrogen) atoms. The summed E-state index contributed by atoms with van der Waals surface area (Å²) in [6.45, 7) is 4.00. The van der Waals surface area contributed by atoms with E-state index in [2.05, 4.69) is 21.8 Å². The predicted molar refractivity (Wildman–Crippen MR) is 104 cm³/mol. The maximum Gasteiger partial charge on any atom is 0.321 e. The highest BCUT2D eigenvalue weighted by molar-refractivity contribution is 5.90. The molecule has 1 saturated heterocycles. The largest absolute Gasteiger partial charge is 0.481 e. The number of rotatable bonds is 6. The van der Waals surface area contributed by atoms with Gasteiger partial charge in [-0.15, -0.1) is 0 Å². The summed E-state index contributed by atoms with van der Waals surface area (Å²) < 4.78 is 2.13. The smallest absolute Gasteiger partial charge is 0.321 e. The Morgan fingerprint density at radius 3 is 2.78 bits per heavy atom. The number of urea groups is 1. The Morgan fingerprint density at radius 2 is 2.07 bits per heavy atom. The summed E-state index contributed by atoms with van der Waals surface area (Å²) in [5.41, 5.74) is 1.67. The number of hydrogen-bond donors (Lipinski definition) is 2. The third-order valence-electron chi connectivity index (χ3n) is 4.97. The van der Waals surface area contributed by atoms with Crippen molar-refractivity contribution in [2.45, 2.75) is 39.2 Å². The molecule has 0 bridgehead atoms. The molecule has 0 unspecified atom stereocenters. The van der Waals surface area contributed by atoms with Crippen LogP contribution in [0.2, 0.25) is 0 Å². The van der Waals surface area contributed by atoms with E-state index in [9.17, 15) is 9.59 Å². The van der Waals surface area contributed by atoms with Crippen LogP contribution in [0.4, 0.5) is 10.5 Å². The van der Waals surface area contributed by atoms with Crippen LogP contribution in [0.3, 0.4) is 0 Å². The molecule has 0 atom stereocenters. The molecule has 1 aromatic carbocycles. The molecule has 2 amide bonds. The van der Waals surface area contributed by atoms with Crippen LogP contribution in [-0.4, -0.2) is 44.6 Å². The van der Waals surface area contributed by atoms with Gasteiger partial charge in [0.15, 0.2) is 0 Å². The number of carbonyl (C=O) groups excluding carboxylic acids is 1. The lowest BCUT2D eigenvalue weighted by Gasteiger charge is -2.30. The highest BCUT2D eigenvalue weighted by Gasteiger charge is 2.27. The first-order valence-corrected chi connectivity index (χ1v) is 9.48. The average molecular weight is 370 g/mol. The number of hydrogen-bond acceptors (Lipinski definition) is 3. The molecule has 2 N–H and O–H groups in total. The molecule has 3 rings (SSSR count). The molecule has 1 aliphatic heterocycles. The molecule has 144 valence electrons. The molecule has 1 fully saturated rings. The zero-order valence-corrected chi connectivity index (χ0v) is 15.6. The van der Waals surface area contributed by atoms with Gasteiger partial charge >= 0.3 is 12.0 Å². The standard InChI is InChI=1S/C20H26N4O3/c1-2-3-10-23-13-9-21-18(23)16-5-4-6-17(14-16)22-20(27)24-11-7-15(8-12-24)19(25)26/h4-6,9,13-15H,2-3,7-8,10-12H2,1H3,(H,22,27)(H,25,26). The molecule has 2 heterocycles. The van der Waals surface area contributed by atoms with Gasteiger partial charge in [0.05, 0.1) is 5.92 Å². The van der Waals surface area contributed by atoms with Gasteiger partial charge in [-0.05, 0) is 31.4 Å². The van der Waals surface area contributed by atoms with Crippen LogP contribution in [0.5, 0.6) is 0 Å². The van der Waals surface area contributed by atoms with E-state index in [0.717, 1.165) is 30.8 Å². The van der Waals surface area contributed by atoms with E-state index in [1.54, 1.807) is 11.1 Å². The minimum Gasteiger partial charge on any atom is -0.481 e. The van der Waals surface area contributed by atoms with Crippen molar-refractivity contribution in [2.75, 3.05) is 18.4 Å². The molecular formula is C20H26N4O3. The number of amides is 2. The molecule has 2 aromatic rings. The van der Waals surface area contributed by atoms with E-state index in [-0.39, 0.29) is 11.9 Å². The number of aromatic nitrogens is 2. The number of nitrogens with zero attached hydrogens (tertiary/aromatic N) is 3. The van der Waals surface area contributed by atoms with E-state index in [1.807, 2.05) is 30.5 Å². The SMILES string of the molecule is CCCCn1ccnc1-c1cccc(NC(=O)N2CCC(C(=O)O)CC2)c1. The molecule has 0 spiro atoms. The first-order valence-electron chi connectivity index (χ1n) is 9.48. The monoisotopic (exact) mass is 370 g/mol. The fraction of sp³-hybridized carbons (Fsp3) is 0.450. The average Bonchev–Trinajstić information content (AvgIpc) is 3.15. The Kier molecular flexibility index (Phi) is 6.11. The molecule has 0 aliphatic carbocycles. The topological polar surface area (TPSA) is 87.5 Å². The summed E-state index contributed by atoms with van der Waals surface area (Å²) in [5, 5.41) is 12.0. The van der Waals surface area contributed by atoms with Gasteiger partial charge in [-0.3, -0.25) is 4.79 Å². The van der Waals surface area contributed by atoms with Gasteiger partial charge in [0.25, 0.3) is 0 Å². The first kappa shape index (κ1) is 18.9. The van der Waals surface area contributed by atoms with Crippen LogP contribution in [0.25, 0.3) is 11.4 Å². The number of unbranched alkanes of at least 4 members (excludes halogenated alkanes) is 1. The van der Waals surface area contributed by atoms with Gasteiger partial charge < -0.3 is 19.9 Å².